The summed E-state index contributed by atoms with van der Waals surface area (Å²) in [6.45, 7) is 3.70. The lowest BCUT2D eigenvalue weighted by atomic mass is 10.2. The minimum Gasteiger partial charge on any atom is -0.492 e. The first-order valence-corrected chi connectivity index (χ1v) is 5.56. The fourth-order valence-corrected chi connectivity index (χ4v) is 1.43. The largest absolute Gasteiger partial charge is 0.492 e. The van der Waals surface area contributed by atoms with Gasteiger partial charge in [-0.05, 0) is 19.1 Å². The Morgan fingerprint density at radius 2 is 2.06 bits per heavy atom. The zero-order chi connectivity index (χ0) is 12.1. The lowest BCUT2D eigenvalue weighted by molar-refractivity contribution is 0.289. The molecule has 0 spiro atoms. The van der Waals surface area contributed by atoms with Gasteiger partial charge in [-0.25, -0.2) is 4.68 Å². The average Bonchev–Trinajstić information content (AvgIpc) is 2.80. The number of ether oxygens (including phenoxy) is 1. The highest BCUT2D eigenvalue weighted by Crippen LogP contribution is 2.11. The molecule has 5 nitrogen and oxygen atoms in total. The van der Waals surface area contributed by atoms with Gasteiger partial charge in [0.15, 0.2) is 0 Å². The first kappa shape index (κ1) is 11.6. The van der Waals surface area contributed by atoms with Crippen molar-refractivity contribution in [3.63, 3.8) is 0 Å². The van der Waals surface area contributed by atoms with Gasteiger partial charge in [0.05, 0.1) is 12.2 Å². The van der Waals surface area contributed by atoms with E-state index >= 15 is 0 Å². The predicted octanol–water partition coefficient (Wildman–Crippen LogP) is 1.12. The zero-order valence-corrected chi connectivity index (χ0v) is 9.84. The Labute approximate surface area is 100 Å². The Bertz CT molecular complexity index is 464. The molecule has 17 heavy (non-hydrogen) atoms. The Hall–Kier alpha value is -1.88. The van der Waals surface area contributed by atoms with Crippen molar-refractivity contribution in [1.82, 2.24) is 15.0 Å². The van der Waals surface area contributed by atoms with Crippen LogP contribution in [0.4, 0.5) is 0 Å². The monoisotopic (exact) mass is 232 g/mol. The van der Waals surface area contributed by atoms with Crippen molar-refractivity contribution >= 4 is 0 Å². The van der Waals surface area contributed by atoms with Gasteiger partial charge in [0, 0.05) is 12.7 Å². The molecule has 1 heterocycles. The van der Waals surface area contributed by atoms with Crippen LogP contribution in [-0.2, 0) is 13.1 Å². The van der Waals surface area contributed by atoms with Crippen LogP contribution in [0.3, 0.4) is 0 Å². The summed E-state index contributed by atoms with van der Waals surface area (Å²) in [5.74, 6) is 0.870. The molecule has 0 aliphatic carbocycles. The molecule has 0 fully saturated rings. The van der Waals surface area contributed by atoms with Crippen molar-refractivity contribution in [2.45, 2.75) is 20.0 Å². The summed E-state index contributed by atoms with van der Waals surface area (Å²) < 4.78 is 7.32. The molecule has 1 aromatic heterocycles. The van der Waals surface area contributed by atoms with E-state index in [4.69, 9.17) is 10.5 Å². The summed E-state index contributed by atoms with van der Waals surface area (Å²) in [6, 6.07) is 7.97. The molecule has 0 radical (unpaired) electrons. The molecular weight excluding hydrogens is 216 g/mol. The minimum absolute atomic E-state index is 0.415. The van der Waals surface area contributed by atoms with Gasteiger partial charge in [0.1, 0.15) is 12.4 Å². The molecule has 0 unspecified atom stereocenters. The first-order chi connectivity index (χ1) is 8.28. The van der Waals surface area contributed by atoms with Gasteiger partial charge in [0.25, 0.3) is 0 Å². The maximum absolute atomic E-state index is 5.59. The molecule has 1 aromatic carbocycles. The van der Waals surface area contributed by atoms with Crippen molar-refractivity contribution in [1.29, 1.82) is 0 Å². The highest BCUT2D eigenvalue weighted by atomic mass is 16.5. The summed E-state index contributed by atoms with van der Waals surface area (Å²) in [6.07, 6.45) is 1.83. The topological polar surface area (TPSA) is 66.0 Å². The normalized spacial score (nSPS) is 10.5. The van der Waals surface area contributed by atoms with Crippen LogP contribution in [0, 0.1) is 6.92 Å². The van der Waals surface area contributed by atoms with Crippen molar-refractivity contribution in [2.75, 3.05) is 6.61 Å². The summed E-state index contributed by atoms with van der Waals surface area (Å²) >= 11 is 0. The molecule has 0 amide bonds. The van der Waals surface area contributed by atoms with Crippen LogP contribution >= 0.6 is 0 Å². The highest BCUT2D eigenvalue weighted by molar-refractivity contribution is 5.26. The van der Waals surface area contributed by atoms with Gasteiger partial charge in [-0.2, -0.15) is 0 Å². The molecule has 2 aromatic rings. The second-order valence-corrected chi connectivity index (χ2v) is 3.84. The number of rotatable bonds is 5. The van der Waals surface area contributed by atoms with E-state index in [-0.39, 0.29) is 0 Å². The maximum Gasteiger partial charge on any atom is 0.119 e. The smallest absolute Gasteiger partial charge is 0.119 e. The van der Waals surface area contributed by atoms with Gasteiger partial charge < -0.3 is 10.5 Å². The Morgan fingerprint density at radius 3 is 2.71 bits per heavy atom. The van der Waals surface area contributed by atoms with E-state index in [0.717, 1.165) is 11.4 Å². The predicted molar refractivity (Wildman–Crippen MR) is 64.6 cm³/mol. The molecule has 2 rings (SSSR count). The van der Waals surface area contributed by atoms with E-state index in [1.807, 2.05) is 37.4 Å². The third-order valence-electron chi connectivity index (χ3n) is 2.41. The summed E-state index contributed by atoms with van der Waals surface area (Å²) in [5.41, 5.74) is 7.47. The third-order valence-corrected chi connectivity index (χ3v) is 2.41. The quantitative estimate of drug-likeness (QED) is 0.839. The first-order valence-electron chi connectivity index (χ1n) is 5.56. The fraction of sp³-hybridized carbons (Fsp3) is 0.333. The van der Waals surface area contributed by atoms with Crippen LogP contribution in [0.15, 0.2) is 30.5 Å². The van der Waals surface area contributed by atoms with E-state index in [1.54, 1.807) is 4.68 Å². The zero-order valence-electron chi connectivity index (χ0n) is 9.84. The lowest BCUT2D eigenvalue weighted by Gasteiger charge is -2.05. The van der Waals surface area contributed by atoms with Crippen LogP contribution in [-0.4, -0.2) is 21.6 Å². The summed E-state index contributed by atoms with van der Waals surface area (Å²) in [7, 11) is 0. The second kappa shape index (κ2) is 5.45. The van der Waals surface area contributed by atoms with Crippen LogP contribution in [0.25, 0.3) is 0 Å². The van der Waals surface area contributed by atoms with Crippen molar-refractivity contribution in [2.24, 2.45) is 5.73 Å². The number of nitrogens with two attached hydrogens (primary N) is 1. The van der Waals surface area contributed by atoms with Gasteiger partial charge >= 0.3 is 0 Å². The van der Waals surface area contributed by atoms with Gasteiger partial charge in [-0.1, -0.05) is 22.9 Å². The number of hydrogen-bond acceptors (Lipinski definition) is 4. The van der Waals surface area contributed by atoms with Crippen LogP contribution in [0.2, 0.25) is 0 Å². The van der Waals surface area contributed by atoms with Crippen LogP contribution in [0.5, 0.6) is 5.75 Å². The Balaban J connectivity index is 1.81. The molecule has 2 N–H and O–H groups in total. The van der Waals surface area contributed by atoms with Crippen molar-refractivity contribution in [3.8, 4) is 5.75 Å². The Morgan fingerprint density at radius 1 is 1.29 bits per heavy atom. The number of hydrogen-bond donors (Lipinski definition) is 1. The molecule has 0 aliphatic rings. The van der Waals surface area contributed by atoms with Crippen LogP contribution < -0.4 is 10.5 Å². The standard InChI is InChI=1S/C12H16N4O/c1-10-2-4-12(5-3-10)17-7-6-16-9-11(8-13)14-15-16/h2-5,9H,6-8,13H2,1H3. The van der Waals surface area contributed by atoms with Gasteiger partial charge in [-0.3, -0.25) is 0 Å². The molecule has 90 valence electrons. The molecule has 5 heteroatoms. The molecule has 0 saturated carbocycles. The summed E-state index contributed by atoms with van der Waals surface area (Å²) in [5, 5.41) is 7.84. The number of benzene rings is 1. The van der Waals surface area contributed by atoms with Gasteiger partial charge in [0.2, 0.25) is 0 Å². The fourth-order valence-electron chi connectivity index (χ4n) is 1.43. The van der Waals surface area contributed by atoms with Crippen molar-refractivity contribution < 1.29 is 4.74 Å². The lowest BCUT2D eigenvalue weighted by Crippen LogP contribution is -2.08. The molecular formula is C12H16N4O. The molecule has 0 bridgehead atoms. The van der Waals surface area contributed by atoms with E-state index < -0.39 is 0 Å². The molecule has 0 saturated heterocycles. The maximum atomic E-state index is 5.59. The van der Waals surface area contributed by atoms with E-state index in [2.05, 4.69) is 10.3 Å². The van der Waals surface area contributed by atoms with Crippen LogP contribution in [0.1, 0.15) is 11.3 Å². The molecule has 0 atom stereocenters. The van der Waals surface area contributed by atoms with E-state index in [0.29, 0.717) is 19.7 Å². The number of aryl methyl sites for hydroxylation is 1. The number of nitrogens with zero attached hydrogens (tertiary/aromatic N) is 3. The minimum atomic E-state index is 0.415. The summed E-state index contributed by atoms with van der Waals surface area (Å²) in [4.78, 5) is 0. The van der Waals surface area contributed by atoms with E-state index in [1.165, 1.54) is 5.56 Å². The third kappa shape index (κ3) is 3.29. The van der Waals surface area contributed by atoms with Gasteiger partial charge in [-0.15, -0.1) is 5.10 Å². The van der Waals surface area contributed by atoms with Crippen molar-refractivity contribution in [3.05, 3.63) is 41.7 Å². The molecule has 0 aliphatic heterocycles. The SMILES string of the molecule is Cc1ccc(OCCn2cc(CN)nn2)cc1. The highest BCUT2D eigenvalue weighted by Gasteiger charge is 1.98. The van der Waals surface area contributed by atoms with E-state index in [9.17, 15) is 0 Å². The second-order valence-electron chi connectivity index (χ2n) is 3.84. The average molecular weight is 232 g/mol. The Kier molecular flexibility index (Phi) is 3.72. The number of aromatic nitrogens is 3.